The molecule has 1 amide bonds. The first-order chi connectivity index (χ1) is 12.5. The number of carbonyl (C=O) groups excluding carboxylic acids is 1. The number of nitrogens with zero attached hydrogens (tertiary/aromatic N) is 2. The fourth-order valence-corrected chi connectivity index (χ4v) is 5.42. The van der Waals surface area contributed by atoms with Crippen molar-refractivity contribution in [1.29, 1.82) is 0 Å². The number of nitrogens with one attached hydrogen (secondary N) is 1. The molecule has 6 bridgehead atoms. The molecule has 3 aromatic rings. The van der Waals surface area contributed by atoms with Crippen LogP contribution in [0.4, 0.5) is 5.00 Å². The number of fused-ring (bicyclic) bond motifs is 2. The lowest BCUT2D eigenvalue weighted by Crippen LogP contribution is -2.41. The standard InChI is InChI=1S/C19H18N4O2S/c1-23(15-5-4-14(26-15)16(20)24)19-7-6-10(9-19)17-21-13-3-2-11(19)8-12(13)18(25)22-17/h2-5,8,10H,6-7,9H2,1H3,(H2,20,24)(H,21,22,25). The van der Waals surface area contributed by atoms with Crippen molar-refractivity contribution in [3.05, 3.63) is 57.0 Å². The molecule has 5 heterocycles. The molecule has 0 spiro atoms. The predicted molar refractivity (Wildman–Crippen MR) is 102 cm³/mol. The number of primary amides is 1. The molecule has 1 saturated carbocycles. The Morgan fingerprint density at radius 3 is 3.00 bits per heavy atom. The number of amides is 1. The third-order valence-electron chi connectivity index (χ3n) is 5.95. The summed E-state index contributed by atoms with van der Waals surface area (Å²) in [5.74, 6) is 0.601. The first-order valence-corrected chi connectivity index (χ1v) is 9.47. The van der Waals surface area contributed by atoms with Gasteiger partial charge in [0.1, 0.15) is 5.82 Å². The number of rotatable bonds is 3. The highest BCUT2D eigenvalue weighted by atomic mass is 32.1. The van der Waals surface area contributed by atoms with E-state index < -0.39 is 5.91 Å². The molecule has 0 saturated heterocycles. The van der Waals surface area contributed by atoms with E-state index in [1.54, 1.807) is 6.07 Å². The zero-order valence-corrected chi connectivity index (χ0v) is 15.1. The summed E-state index contributed by atoms with van der Waals surface area (Å²) in [5.41, 5.74) is 7.02. The van der Waals surface area contributed by atoms with Gasteiger partial charge in [0.2, 0.25) is 0 Å². The van der Waals surface area contributed by atoms with Gasteiger partial charge in [0.15, 0.2) is 0 Å². The number of anilines is 1. The number of aromatic nitrogens is 2. The third-order valence-corrected chi connectivity index (χ3v) is 7.12. The molecule has 4 aliphatic rings. The van der Waals surface area contributed by atoms with Crippen LogP contribution in [0.3, 0.4) is 0 Å². The number of aromatic amines is 1. The SMILES string of the molecule is CN(c1ccc(C(N)=O)s1)C12CCC(C1)c1nc3ccc2cc3c(=O)[nH]1. The lowest BCUT2D eigenvalue weighted by atomic mass is 9.85. The highest BCUT2D eigenvalue weighted by molar-refractivity contribution is 7.18. The van der Waals surface area contributed by atoms with Crippen LogP contribution in [0.25, 0.3) is 10.9 Å². The number of hydrogen-bond acceptors (Lipinski definition) is 5. The molecule has 26 heavy (non-hydrogen) atoms. The van der Waals surface area contributed by atoms with E-state index in [2.05, 4.69) is 23.0 Å². The molecule has 7 heteroatoms. The quantitative estimate of drug-likeness (QED) is 0.745. The van der Waals surface area contributed by atoms with Crippen LogP contribution >= 0.6 is 11.3 Å². The molecule has 2 aromatic heterocycles. The van der Waals surface area contributed by atoms with Gasteiger partial charge >= 0.3 is 0 Å². The lowest BCUT2D eigenvalue weighted by Gasteiger charge is -2.40. The van der Waals surface area contributed by atoms with E-state index in [0.29, 0.717) is 10.3 Å². The zero-order chi connectivity index (χ0) is 18.1. The van der Waals surface area contributed by atoms with Crippen LogP contribution in [-0.4, -0.2) is 22.9 Å². The topological polar surface area (TPSA) is 92.1 Å². The van der Waals surface area contributed by atoms with Crippen molar-refractivity contribution in [3.8, 4) is 0 Å². The van der Waals surface area contributed by atoms with Crippen LogP contribution < -0.4 is 16.2 Å². The molecule has 132 valence electrons. The van der Waals surface area contributed by atoms with Crippen LogP contribution in [-0.2, 0) is 5.54 Å². The van der Waals surface area contributed by atoms with Gasteiger partial charge < -0.3 is 15.6 Å². The smallest absolute Gasteiger partial charge is 0.258 e. The van der Waals surface area contributed by atoms with Crippen molar-refractivity contribution in [2.75, 3.05) is 11.9 Å². The summed E-state index contributed by atoms with van der Waals surface area (Å²) in [6.45, 7) is 0. The summed E-state index contributed by atoms with van der Waals surface area (Å²) in [6, 6.07) is 9.75. The summed E-state index contributed by atoms with van der Waals surface area (Å²) in [6.07, 6.45) is 2.81. The first-order valence-electron chi connectivity index (χ1n) is 8.66. The van der Waals surface area contributed by atoms with Gasteiger partial charge in [0.25, 0.3) is 11.5 Å². The molecule has 1 aliphatic carbocycles. The minimum atomic E-state index is -0.403. The van der Waals surface area contributed by atoms with Crippen LogP contribution in [0.1, 0.15) is 46.2 Å². The fourth-order valence-electron chi connectivity index (χ4n) is 4.51. The minimum Gasteiger partial charge on any atom is -0.365 e. The molecular weight excluding hydrogens is 348 g/mol. The van der Waals surface area contributed by atoms with Gasteiger partial charge in [-0.25, -0.2) is 4.98 Å². The summed E-state index contributed by atoms with van der Waals surface area (Å²) < 4.78 is 0. The van der Waals surface area contributed by atoms with Gasteiger partial charge in [-0.05, 0) is 49.1 Å². The average molecular weight is 366 g/mol. The van der Waals surface area contributed by atoms with Crippen molar-refractivity contribution < 1.29 is 4.79 Å². The van der Waals surface area contributed by atoms with E-state index in [-0.39, 0.29) is 17.0 Å². The predicted octanol–water partition coefficient (Wildman–Crippen LogP) is 2.70. The van der Waals surface area contributed by atoms with Gasteiger partial charge in [-0.2, -0.15) is 0 Å². The Morgan fingerprint density at radius 1 is 1.38 bits per heavy atom. The fraction of sp³-hybridized carbons (Fsp3) is 0.316. The number of benzene rings is 1. The Bertz CT molecular complexity index is 1120. The van der Waals surface area contributed by atoms with E-state index in [1.165, 1.54) is 11.3 Å². The van der Waals surface area contributed by atoms with Gasteiger partial charge in [0.05, 0.1) is 26.3 Å². The van der Waals surface area contributed by atoms with Crippen molar-refractivity contribution in [2.45, 2.75) is 30.7 Å². The van der Waals surface area contributed by atoms with Gasteiger partial charge in [-0.1, -0.05) is 6.07 Å². The van der Waals surface area contributed by atoms with E-state index in [9.17, 15) is 9.59 Å². The van der Waals surface area contributed by atoms with E-state index in [0.717, 1.165) is 41.2 Å². The van der Waals surface area contributed by atoms with Crippen molar-refractivity contribution in [3.63, 3.8) is 0 Å². The van der Waals surface area contributed by atoms with Crippen LogP contribution in [0.5, 0.6) is 0 Å². The molecule has 6 nitrogen and oxygen atoms in total. The lowest BCUT2D eigenvalue weighted by molar-refractivity contribution is 0.100. The summed E-state index contributed by atoms with van der Waals surface area (Å²) in [7, 11) is 2.06. The average Bonchev–Trinajstić information content (AvgIpc) is 3.30. The van der Waals surface area contributed by atoms with Crippen molar-refractivity contribution >= 4 is 33.1 Å². The summed E-state index contributed by atoms with van der Waals surface area (Å²) >= 11 is 1.41. The molecule has 2 unspecified atom stereocenters. The molecule has 3 aliphatic heterocycles. The Hall–Kier alpha value is -2.67. The van der Waals surface area contributed by atoms with Crippen molar-refractivity contribution in [1.82, 2.24) is 9.97 Å². The number of H-pyrrole nitrogens is 1. The van der Waals surface area contributed by atoms with Crippen LogP contribution in [0.2, 0.25) is 0 Å². The largest absolute Gasteiger partial charge is 0.365 e. The minimum absolute atomic E-state index is 0.0654. The second kappa shape index (κ2) is 5.17. The Balaban J connectivity index is 1.70. The van der Waals surface area contributed by atoms with Crippen LogP contribution in [0.15, 0.2) is 35.1 Å². The monoisotopic (exact) mass is 366 g/mol. The number of hydrogen-bond donors (Lipinski definition) is 2. The molecule has 0 radical (unpaired) electrons. The molecule has 2 atom stereocenters. The Labute approximate surface area is 153 Å². The Kier molecular flexibility index (Phi) is 3.10. The maximum absolute atomic E-state index is 12.5. The molecule has 3 N–H and O–H groups in total. The maximum atomic E-state index is 12.5. The third kappa shape index (κ3) is 2.00. The Morgan fingerprint density at radius 2 is 2.23 bits per heavy atom. The molecule has 1 aromatic carbocycles. The van der Waals surface area contributed by atoms with E-state index >= 15 is 0 Å². The first kappa shape index (κ1) is 15.6. The number of carbonyl (C=O) groups is 1. The second-order valence-electron chi connectivity index (χ2n) is 7.22. The molecular formula is C19H18N4O2S. The van der Waals surface area contributed by atoms with Gasteiger partial charge in [-0.3, -0.25) is 9.59 Å². The van der Waals surface area contributed by atoms with E-state index in [1.807, 2.05) is 18.2 Å². The zero-order valence-electron chi connectivity index (χ0n) is 14.3. The highest BCUT2D eigenvalue weighted by Crippen LogP contribution is 2.52. The van der Waals surface area contributed by atoms with E-state index in [4.69, 9.17) is 10.7 Å². The maximum Gasteiger partial charge on any atom is 0.258 e. The molecule has 1 fully saturated rings. The highest BCUT2D eigenvalue weighted by Gasteiger charge is 2.46. The summed E-state index contributed by atoms with van der Waals surface area (Å²) in [5, 5.41) is 1.64. The van der Waals surface area contributed by atoms with Crippen LogP contribution in [0, 0.1) is 0 Å². The van der Waals surface area contributed by atoms with Gasteiger partial charge in [0, 0.05) is 13.0 Å². The number of thiophene rings is 1. The summed E-state index contributed by atoms with van der Waals surface area (Å²) in [4.78, 5) is 34.5. The second-order valence-corrected chi connectivity index (χ2v) is 8.28. The normalized spacial score (nSPS) is 23.3. The number of nitrogens with two attached hydrogens (primary N) is 1. The van der Waals surface area contributed by atoms with Crippen molar-refractivity contribution in [2.24, 2.45) is 5.73 Å². The van der Waals surface area contributed by atoms with Gasteiger partial charge in [-0.15, -0.1) is 11.3 Å². The molecule has 7 rings (SSSR count).